The van der Waals surface area contributed by atoms with Gasteiger partial charge in [0.1, 0.15) is 0 Å². The van der Waals surface area contributed by atoms with Crippen LogP contribution in [0, 0.1) is 20.8 Å². The number of halogens is 1. The van der Waals surface area contributed by atoms with Crippen molar-refractivity contribution in [2.24, 2.45) is 0 Å². The molecule has 0 aliphatic heterocycles. The quantitative estimate of drug-likeness (QED) is 0.592. The molecule has 1 rings (SSSR count). The molecule has 0 atom stereocenters. The summed E-state index contributed by atoms with van der Waals surface area (Å²) in [7, 11) is 0. The van der Waals surface area contributed by atoms with Crippen LogP contribution in [0.1, 0.15) is 16.7 Å². The van der Waals surface area contributed by atoms with Gasteiger partial charge < -0.3 is 5.32 Å². The van der Waals surface area contributed by atoms with Gasteiger partial charge in [0, 0.05) is 21.6 Å². The number of benzene rings is 1. The SMILES string of the molecule is Cc1ccc(NC(=O)Br)c(C)c1C. The van der Waals surface area contributed by atoms with Gasteiger partial charge in [0.15, 0.2) is 0 Å². The van der Waals surface area contributed by atoms with Gasteiger partial charge in [0.25, 0.3) is 4.82 Å². The van der Waals surface area contributed by atoms with Gasteiger partial charge in [0.2, 0.25) is 0 Å². The summed E-state index contributed by atoms with van der Waals surface area (Å²) >= 11 is 2.84. The molecule has 0 radical (unpaired) electrons. The second-order valence-electron chi connectivity index (χ2n) is 3.08. The van der Waals surface area contributed by atoms with Gasteiger partial charge in [-0.05, 0) is 43.5 Å². The first-order chi connectivity index (χ1) is 6.02. The van der Waals surface area contributed by atoms with E-state index in [9.17, 15) is 4.79 Å². The van der Waals surface area contributed by atoms with E-state index in [-0.39, 0.29) is 4.82 Å². The number of amides is 1. The monoisotopic (exact) mass is 241 g/mol. The summed E-state index contributed by atoms with van der Waals surface area (Å²) < 4.78 is 0. The summed E-state index contributed by atoms with van der Waals surface area (Å²) in [5.41, 5.74) is 4.45. The highest BCUT2D eigenvalue weighted by molar-refractivity contribution is 9.18. The van der Waals surface area contributed by atoms with Gasteiger partial charge in [-0.1, -0.05) is 6.07 Å². The number of hydrogen-bond donors (Lipinski definition) is 1. The van der Waals surface area contributed by atoms with E-state index in [0.29, 0.717) is 0 Å². The zero-order valence-electron chi connectivity index (χ0n) is 7.94. The predicted octanol–water partition coefficient (Wildman–Crippen LogP) is 3.54. The number of anilines is 1. The molecule has 3 heteroatoms. The molecule has 0 aromatic heterocycles. The van der Waals surface area contributed by atoms with Crippen molar-refractivity contribution in [3.8, 4) is 0 Å². The number of nitrogens with one attached hydrogen (secondary N) is 1. The van der Waals surface area contributed by atoms with E-state index < -0.39 is 0 Å². The third-order valence-electron chi connectivity index (χ3n) is 2.29. The predicted molar refractivity (Wildman–Crippen MR) is 58.6 cm³/mol. The maximum absolute atomic E-state index is 10.8. The van der Waals surface area contributed by atoms with Crippen LogP contribution in [0.4, 0.5) is 10.5 Å². The minimum absolute atomic E-state index is 0.209. The molecule has 0 saturated heterocycles. The summed E-state index contributed by atoms with van der Waals surface area (Å²) in [6.45, 7) is 6.11. The largest absolute Gasteiger partial charge is 0.316 e. The van der Waals surface area contributed by atoms with Crippen molar-refractivity contribution < 1.29 is 4.79 Å². The Hall–Kier alpha value is -0.830. The van der Waals surface area contributed by atoms with Gasteiger partial charge in [-0.25, -0.2) is 0 Å². The van der Waals surface area contributed by atoms with Gasteiger partial charge >= 0.3 is 0 Å². The van der Waals surface area contributed by atoms with Crippen LogP contribution in [0.15, 0.2) is 12.1 Å². The van der Waals surface area contributed by atoms with Gasteiger partial charge in [-0.15, -0.1) is 0 Å². The molecule has 0 bridgehead atoms. The fourth-order valence-electron chi connectivity index (χ4n) is 1.20. The Morgan fingerprint density at radius 1 is 1.23 bits per heavy atom. The van der Waals surface area contributed by atoms with Crippen molar-refractivity contribution in [3.63, 3.8) is 0 Å². The van der Waals surface area contributed by atoms with E-state index in [2.05, 4.69) is 35.1 Å². The number of aryl methyl sites for hydroxylation is 1. The van der Waals surface area contributed by atoms with Gasteiger partial charge in [-0.3, -0.25) is 4.79 Å². The second kappa shape index (κ2) is 3.92. The minimum atomic E-state index is -0.209. The molecule has 0 heterocycles. The zero-order chi connectivity index (χ0) is 10.0. The lowest BCUT2D eigenvalue weighted by Crippen LogP contribution is -2.03. The average Bonchev–Trinajstić information content (AvgIpc) is 2.06. The Morgan fingerprint density at radius 2 is 1.85 bits per heavy atom. The lowest BCUT2D eigenvalue weighted by molar-refractivity contribution is 0.270. The van der Waals surface area contributed by atoms with Crippen LogP contribution in [0.5, 0.6) is 0 Å². The number of carbonyl (C=O) groups excluding carboxylic acids is 1. The summed E-state index contributed by atoms with van der Waals surface area (Å²) in [5.74, 6) is 0. The summed E-state index contributed by atoms with van der Waals surface area (Å²) in [5, 5.41) is 2.72. The van der Waals surface area contributed by atoms with Gasteiger partial charge in [0.05, 0.1) is 0 Å². The first kappa shape index (κ1) is 10.3. The Kier molecular flexibility index (Phi) is 3.09. The normalized spacial score (nSPS) is 9.85. The smallest absolute Gasteiger partial charge is 0.291 e. The molecular weight excluding hydrogens is 230 g/mol. The Labute approximate surface area is 86.5 Å². The fourth-order valence-corrected chi connectivity index (χ4v) is 1.41. The van der Waals surface area contributed by atoms with E-state index in [0.717, 1.165) is 11.3 Å². The number of hydrogen-bond acceptors (Lipinski definition) is 1. The van der Waals surface area contributed by atoms with Crippen LogP contribution < -0.4 is 5.32 Å². The molecule has 2 nitrogen and oxygen atoms in total. The van der Waals surface area contributed by atoms with Crippen LogP contribution >= 0.6 is 15.9 Å². The first-order valence-electron chi connectivity index (χ1n) is 4.05. The zero-order valence-corrected chi connectivity index (χ0v) is 9.53. The average molecular weight is 242 g/mol. The topological polar surface area (TPSA) is 29.1 Å². The molecule has 1 aromatic rings. The second-order valence-corrected chi connectivity index (χ2v) is 3.80. The van der Waals surface area contributed by atoms with Crippen molar-refractivity contribution in [1.29, 1.82) is 0 Å². The molecule has 0 unspecified atom stereocenters. The molecule has 1 N–H and O–H groups in total. The highest BCUT2D eigenvalue weighted by atomic mass is 79.9. The molecule has 0 aliphatic rings. The summed E-state index contributed by atoms with van der Waals surface area (Å²) in [4.78, 5) is 10.6. The molecule has 1 aromatic carbocycles. The maximum atomic E-state index is 10.8. The molecule has 70 valence electrons. The molecule has 0 spiro atoms. The van der Waals surface area contributed by atoms with E-state index in [1.54, 1.807) is 0 Å². The molecule has 13 heavy (non-hydrogen) atoms. The fraction of sp³-hybridized carbons (Fsp3) is 0.300. The first-order valence-corrected chi connectivity index (χ1v) is 4.85. The van der Waals surface area contributed by atoms with E-state index in [1.807, 2.05) is 19.1 Å². The molecule has 0 fully saturated rings. The van der Waals surface area contributed by atoms with Crippen LogP contribution in [0.3, 0.4) is 0 Å². The van der Waals surface area contributed by atoms with Crippen molar-refractivity contribution in [3.05, 3.63) is 28.8 Å². The summed E-state index contributed by atoms with van der Waals surface area (Å²) in [6, 6.07) is 3.91. The molecular formula is C10H12BrNO. The Bertz CT molecular complexity index is 347. The van der Waals surface area contributed by atoms with Crippen LogP contribution in [-0.4, -0.2) is 4.82 Å². The van der Waals surface area contributed by atoms with Crippen LogP contribution in [0.25, 0.3) is 0 Å². The van der Waals surface area contributed by atoms with Crippen molar-refractivity contribution in [2.45, 2.75) is 20.8 Å². The van der Waals surface area contributed by atoms with E-state index >= 15 is 0 Å². The molecule has 1 amide bonds. The van der Waals surface area contributed by atoms with Crippen molar-refractivity contribution in [2.75, 3.05) is 5.32 Å². The molecule has 0 aliphatic carbocycles. The van der Waals surface area contributed by atoms with E-state index in [1.165, 1.54) is 11.1 Å². The standard InChI is InChI=1S/C10H12BrNO/c1-6-4-5-9(12-10(11)13)8(3)7(6)2/h4-5H,1-3H3,(H,12,13). The lowest BCUT2D eigenvalue weighted by atomic mass is 10.0. The minimum Gasteiger partial charge on any atom is -0.316 e. The number of rotatable bonds is 1. The van der Waals surface area contributed by atoms with Crippen molar-refractivity contribution in [1.82, 2.24) is 0 Å². The number of carbonyl (C=O) groups is 1. The van der Waals surface area contributed by atoms with Gasteiger partial charge in [-0.2, -0.15) is 0 Å². The summed E-state index contributed by atoms with van der Waals surface area (Å²) in [6.07, 6.45) is 0. The third-order valence-corrected chi connectivity index (χ3v) is 2.49. The highest BCUT2D eigenvalue weighted by Crippen LogP contribution is 2.21. The highest BCUT2D eigenvalue weighted by Gasteiger charge is 2.04. The maximum Gasteiger partial charge on any atom is 0.291 e. The van der Waals surface area contributed by atoms with Crippen LogP contribution in [-0.2, 0) is 0 Å². The third kappa shape index (κ3) is 2.31. The van der Waals surface area contributed by atoms with E-state index in [4.69, 9.17) is 0 Å². The molecule has 0 saturated carbocycles. The Morgan fingerprint density at radius 3 is 2.38 bits per heavy atom. The van der Waals surface area contributed by atoms with Crippen molar-refractivity contribution >= 4 is 26.4 Å². The van der Waals surface area contributed by atoms with Crippen LogP contribution in [0.2, 0.25) is 0 Å². The lowest BCUT2D eigenvalue weighted by Gasteiger charge is -2.10. The Balaban J connectivity index is 3.10.